The van der Waals surface area contributed by atoms with E-state index in [2.05, 4.69) is 47.7 Å². The molecule has 3 aliphatic rings. The number of nitrogens with one attached hydrogen (secondary N) is 1. The van der Waals surface area contributed by atoms with E-state index in [1.165, 1.54) is 19.4 Å². The Bertz CT molecular complexity index is 595. The van der Waals surface area contributed by atoms with Crippen molar-refractivity contribution in [3.63, 3.8) is 0 Å². The van der Waals surface area contributed by atoms with Crippen LogP contribution in [0, 0.1) is 11.3 Å². The van der Waals surface area contributed by atoms with Crippen LogP contribution in [-0.2, 0) is 14.3 Å². The van der Waals surface area contributed by atoms with Gasteiger partial charge in [0.15, 0.2) is 0 Å². The first-order chi connectivity index (χ1) is 16.3. The fourth-order valence-electron chi connectivity index (χ4n) is 5.90. The lowest BCUT2D eigenvalue weighted by Crippen LogP contribution is -2.54. The first-order valence-corrected chi connectivity index (χ1v) is 13.9. The number of amides is 1. The van der Waals surface area contributed by atoms with Crippen LogP contribution < -0.4 is 5.32 Å². The molecular weight excluding hydrogens is 428 g/mol. The molecule has 34 heavy (non-hydrogen) atoms. The molecule has 1 amide bonds. The summed E-state index contributed by atoms with van der Waals surface area (Å²) in [4.78, 5) is 19.8. The van der Waals surface area contributed by atoms with E-state index >= 15 is 0 Å². The number of piperidine rings is 1. The zero-order valence-corrected chi connectivity index (χ0v) is 22.7. The summed E-state index contributed by atoms with van der Waals surface area (Å²) in [6.45, 7) is 19.3. The first-order valence-electron chi connectivity index (χ1n) is 13.9. The Morgan fingerprint density at radius 2 is 1.65 bits per heavy atom. The summed E-state index contributed by atoms with van der Waals surface area (Å²) in [6.07, 6.45) is 7.52. The van der Waals surface area contributed by atoms with Crippen molar-refractivity contribution in [2.24, 2.45) is 11.3 Å². The van der Waals surface area contributed by atoms with E-state index in [1.807, 2.05) is 0 Å². The fourth-order valence-corrected chi connectivity index (χ4v) is 5.90. The molecule has 2 aliphatic heterocycles. The van der Waals surface area contributed by atoms with Gasteiger partial charge in [-0.05, 0) is 43.4 Å². The molecule has 1 unspecified atom stereocenters. The number of carbonyl (C=O) groups excluding carboxylic acids is 1. The minimum Gasteiger partial charge on any atom is -0.383 e. The molecule has 198 valence electrons. The van der Waals surface area contributed by atoms with Crippen LogP contribution in [0.4, 0.5) is 0 Å². The molecule has 1 atom stereocenters. The van der Waals surface area contributed by atoms with Gasteiger partial charge in [-0.15, -0.1) is 0 Å². The van der Waals surface area contributed by atoms with Gasteiger partial charge in [0.2, 0.25) is 5.91 Å². The van der Waals surface area contributed by atoms with E-state index in [0.717, 1.165) is 84.0 Å². The zero-order valence-electron chi connectivity index (χ0n) is 22.7. The molecule has 1 N–H and O–H groups in total. The van der Waals surface area contributed by atoms with Gasteiger partial charge in [0.25, 0.3) is 0 Å². The molecule has 0 aromatic rings. The molecule has 0 aromatic heterocycles. The van der Waals surface area contributed by atoms with Gasteiger partial charge < -0.3 is 19.7 Å². The molecule has 3 rings (SSSR count). The molecule has 2 saturated heterocycles. The second kappa shape index (κ2) is 13.5. The number of hydrogen-bond donors (Lipinski definition) is 1. The Labute approximate surface area is 208 Å². The highest BCUT2D eigenvalue weighted by molar-refractivity contribution is 5.78. The van der Waals surface area contributed by atoms with Crippen molar-refractivity contribution in [3.8, 4) is 0 Å². The topological polar surface area (TPSA) is 57.3 Å². The van der Waals surface area contributed by atoms with Crippen molar-refractivity contribution in [1.29, 1.82) is 0 Å². The van der Waals surface area contributed by atoms with Gasteiger partial charge in [0, 0.05) is 65.5 Å². The Kier molecular flexibility index (Phi) is 11.1. The lowest BCUT2D eigenvalue weighted by molar-refractivity contribution is -0.127. The maximum Gasteiger partial charge on any atom is 0.234 e. The van der Waals surface area contributed by atoms with Crippen LogP contribution in [-0.4, -0.2) is 111 Å². The predicted molar refractivity (Wildman–Crippen MR) is 138 cm³/mol. The highest BCUT2D eigenvalue weighted by Gasteiger charge is 2.35. The molecule has 7 heteroatoms. The third kappa shape index (κ3) is 9.38. The van der Waals surface area contributed by atoms with E-state index < -0.39 is 0 Å². The molecule has 0 aromatic carbocycles. The molecule has 0 spiro atoms. The van der Waals surface area contributed by atoms with Crippen LogP contribution in [0.15, 0.2) is 0 Å². The maximum atomic E-state index is 12.5. The average molecular weight is 481 g/mol. The number of piperazine rings is 1. The van der Waals surface area contributed by atoms with E-state index in [9.17, 15) is 4.79 Å². The molecule has 7 nitrogen and oxygen atoms in total. The van der Waals surface area contributed by atoms with Gasteiger partial charge in [-0.1, -0.05) is 34.1 Å². The van der Waals surface area contributed by atoms with Gasteiger partial charge in [-0.3, -0.25) is 14.6 Å². The molecule has 0 bridgehead atoms. The van der Waals surface area contributed by atoms with Crippen LogP contribution in [0.2, 0.25) is 0 Å². The molecule has 3 fully saturated rings. The number of ether oxygens (including phenoxy) is 2. The van der Waals surface area contributed by atoms with E-state index in [4.69, 9.17) is 9.47 Å². The highest BCUT2D eigenvalue weighted by Crippen LogP contribution is 2.31. The fraction of sp³-hybridized carbons (Fsp3) is 0.963. The first kappa shape index (κ1) is 27.9. The highest BCUT2D eigenvalue weighted by atomic mass is 16.5. The summed E-state index contributed by atoms with van der Waals surface area (Å²) < 4.78 is 11.5. The molecule has 2 heterocycles. The summed E-state index contributed by atoms with van der Waals surface area (Å²) >= 11 is 0. The molecule has 0 radical (unpaired) electrons. The van der Waals surface area contributed by atoms with Gasteiger partial charge in [0.1, 0.15) is 0 Å². The third-order valence-corrected chi connectivity index (χ3v) is 8.07. The van der Waals surface area contributed by atoms with Crippen molar-refractivity contribution in [3.05, 3.63) is 0 Å². The van der Waals surface area contributed by atoms with E-state index in [1.54, 1.807) is 7.11 Å². The van der Waals surface area contributed by atoms with Crippen LogP contribution in [0.1, 0.15) is 66.2 Å². The summed E-state index contributed by atoms with van der Waals surface area (Å²) in [6, 6.07) is 0.293. The Morgan fingerprint density at radius 3 is 2.26 bits per heavy atom. The summed E-state index contributed by atoms with van der Waals surface area (Å²) in [5, 5.41) is 3.23. The van der Waals surface area contributed by atoms with Gasteiger partial charge in [0.05, 0.1) is 25.4 Å². The number of carbonyl (C=O) groups is 1. The maximum absolute atomic E-state index is 12.5. The molecule has 1 aliphatic carbocycles. The quantitative estimate of drug-likeness (QED) is 0.438. The molecule has 1 saturated carbocycles. The minimum atomic E-state index is 0.169. The SMILES string of the molecule is CCC(C)CC(C)(C)CN1CCC(OC2CC(NC(=O)CN3CCN(CCOC)CC3)C2)CC1. The van der Waals surface area contributed by atoms with Crippen LogP contribution >= 0.6 is 0 Å². The van der Waals surface area contributed by atoms with Crippen LogP contribution in [0.3, 0.4) is 0 Å². The van der Waals surface area contributed by atoms with Crippen molar-refractivity contribution in [1.82, 2.24) is 20.0 Å². The van der Waals surface area contributed by atoms with Crippen LogP contribution in [0.5, 0.6) is 0 Å². The lowest BCUT2D eigenvalue weighted by Gasteiger charge is -2.42. The van der Waals surface area contributed by atoms with Gasteiger partial charge >= 0.3 is 0 Å². The standard InChI is InChI=1S/C27H52N4O3/c1-6-22(2)19-27(3,4)21-31-9-7-24(8-10-31)34-25-17-23(18-25)28-26(32)20-30-13-11-29(12-14-30)15-16-33-5/h22-25H,6-21H2,1-5H3,(H,28,32). The van der Waals surface area contributed by atoms with Crippen molar-refractivity contribution in [2.75, 3.05) is 72.6 Å². The normalized spacial score (nSPS) is 26.9. The number of rotatable bonds is 13. The van der Waals surface area contributed by atoms with E-state index in [0.29, 0.717) is 30.2 Å². The smallest absolute Gasteiger partial charge is 0.234 e. The van der Waals surface area contributed by atoms with Crippen molar-refractivity contribution >= 4 is 5.91 Å². The van der Waals surface area contributed by atoms with Gasteiger partial charge in [-0.25, -0.2) is 0 Å². The largest absolute Gasteiger partial charge is 0.383 e. The number of likely N-dealkylation sites (tertiary alicyclic amines) is 1. The lowest BCUT2D eigenvalue weighted by atomic mass is 9.81. The number of nitrogens with zero attached hydrogens (tertiary/aromatic N) is 3. The minimum absolute atomic E-state index is 0.169. The zero-order chi connectivity index (χ0) is 24.6. The summed E-state index contributed by atoms with van der Waals surface area (Å²) in [7, 11) is 1.75. The predicted octanol–water partition coefficient (Wildman–Crippen LogP) is 2.84. The molecular formula is C27H52N4O3. The summed E-state index contributed by atoms with van der Waals surface area (Å²) in [5.74, 6) is 0.973. The van der Waals surface area contributed by atoms with Crippen LogP contribution in [0.25, 0.3) is 0 Å². The van der Waals surface area contributed by atoms with E-state index in [-0.39, 0.29) is 5.91 Å². The summed E-state index contributed by atoms with van der Waals surface area (Å²) in [5.41, 5.74) is 0.389. The van der Waals surface area contributed by atoms with Crippen molar-refractivity contribution in [2.45, 2.75) is 84.5 Å². The van der Waals surface area contributed by atoms with Gasteiger partial charge in [-0.2, -0.15) is 0 Å². The number of methoxy groups -OCH3 is 1. The number of hydrogen-bond acceptors (Lipinski definition) is 6. The second-order valence-electron chi connectivity index (χ2n) is 12.0. The van der Waals surface area contributed by atoms with Crippen molar-refractivity contribution < 1.29 is 14.3 Å². The average Bonchev–Trinajstić information content (AvgIpc) is 2.77. The monoisotopic (exact) mass is 480 g/mol. The Morgan fingerprint density at radius 1 is 1.00 bits per heavy atom. The Hall–Kier alpha value is -0.730. The Balaban J connectivity index is 1.24. The third-order valence-electron chi connectivity index (χ3n) is 8.07. The second-order valence-corrected chi connectivity index (χ2v) is 12.0.